The maximum Gasteiger partial charge on any atom is 0.0490 e. The van der Waals surface area contributed by atoms with E-state index in [1.54, 1.807) is 0 Å². The average Bonchev–Trinajstić information content (AvgIpc) is 2.10. The summed E-state index contributed by atoms with van der Waals surface area (Å²) in [6.07, 6.45) is 1.76. The third-order valence-electron chi connectivity index (χ3n) is 1.83. The van der Waals surface area contributed by atoms with Crippen LogP contribution in [0.25, 0.3) is 17.2 Å². The van der Waals surface area contributed by atoms with Crippen molar-refractivity contribution in [2.75, 3.05) is 0 Å². The fourth-order valence-electron chi connectivity index (χ4n) is 1.05. The van der Waals surface area contributed by atoms with Gasteiger partial charge in [0.25, 0.3) is 0 Å². The smallest absolute Gasteiger partial charge is 0.0490 e. The Morgan fingerprint density at radius 1 is 1.00 bits per heavy atom. The van der Waals surface area contributed by atoms with Crippen molar-refractivity contribution < 1.29 is 79.8 Å². The minimum absolute atomic E-state index is 0. The number of amides is 3. The van der Waals surface area contributed by atoms with Crippen LogP contribution in [0.3, 0.4) is 0 Å². The standard InChI is InChI=1S/C8H16N2O2.C2H5NO.CH3.2Y/c1-2-6(5-8(10)12)3-4-7(9)11;1-2(3)4;;;/h6H,2-5H2,1H3,(H4,9,10,11,12);1H3,(H2,3,4);1H3;;/q;;-1;;/p-3. The summed E-state index contributed by atoms with van der Waals surface area (Å²) in [5, 5.41) is 0. The summed E-state index contributed by atoms with van der Waals surface area (Å²) in [5.41, 5.74) is 19.3. The predicted molar refractivity (Wildman–Crippen MR) is 67.7 cm³/mol. The van der Waals surface area contributed by atoms with E-state index in [1.807, 2.05) is 6.92 Å². The Kier molecular flexibility index (Phi) is 35.0. The van der Waals surface area contributed by atoms with Gasteiger partial charge in [0, 0.05) is 83.1 Å². The Balaban J connectivity index is -0.0000000827. The molecule has 3 N–H and O–H groups in total. The first-order valence-electron chi connectivity index (χ1n) is 5.00. The van der Waals surface area contributed by atoms with Gasteiger partial charge in [-0.15, -0.1) is 0 Å². The topological polar surface area (TPSA) is 123 Å². The predicted octanol–water partition coefficient (Wildman–Crippen LogP) is 3.37. The molecule has 0 saturated carbocycles. The van der Waals surface area contributed by atoms with Crippen molar-refractivity contribution in [3.63, 3.8) is 0 Å². The number of hydrogen-bond donors (Lipinski definition) is 0. The van der Waals surface area contributed by atoms with Crippen molar-refractivity contribution in [2.45, 2.75) is 39.5 Å². The molecule has 0 heterocycles. The molecule has 6 nitrogen and oxygen atoms in total. The van der Waals surface area contributed by atoms with E-state index in [9.17, 15) is 9.59 Å². The van der Waals surface area contributed by atoms with Crippen molar-refractivity contribution in [3.05, 3.63) is 24.6 Å². The fraction of sp³-hybridized carbons (Fsp3) is 0.636. The summed E-state index contributed by atoms with van der Waals surface area (Å²) in [4.78, 5) is 29.8. The maximum atomic E-state index is 10.4. The molecular formula is C11H21N3O3Y2-4. The van der Waals surface area contributed by atoms with Crippen LogP contribution in [0.5, 0.6) is 0 Å². The molecule has 0 bridgehead atoms. The zero-order chi connectivity index (χ0) is 13.1. The second kappa shape index (κ2) is 20.9. The third-order valence-corrected chi connectivity index (χ3v) is 1.83. The molecule has 8 heteroatoms. The number of rotatable bonds is 6. The molecule has 0 aliphatic carbocycles. The summed E-state index contributed by atoms with van der Waals surface area (Å²) in [5.74, 6) is -1.66. The Labute approximate surface area is 166 Å². The normalized spacial score (nSPS) is 9.16. The Hall–Kier alpha value is 0.618. The van der Waals surface area contributed by atoms with E-state index in [0.29, 0.717) is 6.42 Å². The van der Waals surface area contributed by atoms with E-state index in [-0.39, 0.29) is 91.6 Å². The second-order valence-corrected chi connectivity index (χ2v) is 3.42. The molecule has 0 fully saturated rings. The van der Waals surface area contributed by atoms with E-state index in [2.05, 4.69) is 0 Å². The van der Waals surface area contributed by atoms with Crippen LogP contribution in [0.2, 0.25) is 0 Å². The van der Waals surface area contributed by atoms with Crippen LogP contribution in [0.15, 0.2) is 0 Å². The molecule has 0 spiro atoms. The average molecular weight is 421 g/mol. The molecular weight excluding hydrogens is 400 g/mol. The van der Waals surface area contributed by atoms with E-state index < -0.39 is 17.7 Å². The molecule has 0 saturated heterocycles. The van der Waals surface area contributed by atoms with Crippen LogP contribution >= 0.6 is 0 Å². The largest absolute Gasteiger partial charge is 0.668 e. The maximum absolute atomic E-state index is 10.4. The molecule has 1 unspecified atom stereocenters. The Bertz CT molecular complexity index is 247. The summed E-state index contributed by atoms with van der Waals surface area (Å²) < 4.78 is 0. The van der Waals surface area contributed by atoms with Crippen molar-refractivity contribution in [3.8, 4) is 0 Å². The molecule has 0 aromatic heterocycles. The van der Waals surface area contributed by atoms with Gasteiger partial charge < -0.3 is 39.0 Å². The minimum atomic E-state index is -0.592. The number of hydrogen-bond acceptors (Lipinski definition) is 3. The number of carbonyl (C=O) groups excluding carboxylic acids is 3. The van der Waals surface area contributed by atoms with E-state index >= 15 is 0 Å². The number of carbonyl (C=O) groups is 3. The SMILES string of the molecule is CC([NH-])=O.CCC(CCC([NH-])=O)CC([NH-])=O.[CH3-].[Y].[Y]. The van der Waals surface area contributed by atoms with Crippen molar-refractivity contribution >= 4 is 17.7 Å². The van der Waals surface area contributed by atoms with Crippen molar-refractivity contribution in [1.82, 2.24) is 0 Å². The van der Waals surface area contributed by atoms with Crippen molar-refractivity contribution in [2.24, 2.45) is 5.92 Å². The van der Waals surface area contributed by atoms with E-state index in [1.165, 1.54) is 6.92 Å². The van der Waals surface area contributed by atoms with Crippen LogP contribution in [-0.2, 0) is 79.8 Å². The molecule has 1 atom stereocenters. The second-order valence-electron chi connectivity index (χ2n) is 3.42. The number of nitrogens with one attached hydrogen (secondary N) is 3. The molecule has 0 aromatic rings. The first-order valence-corrected chi connectivity index (χ1v) is 5.00. The first-order chi connectivity index (χ1) is 7.29. The summed E-state index contributed by atoms with van der Waals surface area (Å²) in [6.45, 7) is 3.11. The summed E-state index contributed by atoms with van der Waals surface area (Å²) >= 11 is 0. The molecule has 0 aromatic carbocycles. The molecule has 108 valence electrons. The zero-order valence-corrected chi connectivity index (χ0v) is 17.5. The van der Waals surface area contributed by atoms with Crippen LogP contribution in [0.1, 0.15) is 39.5 Å². The molecule has 3 amide bonds. The van der Waals surface area contributed by atoms with E-state index in [0.717, 1.165) is 6.42 Å². The van der Waals surface area contributed by atoms with Crippen LogP contribution in [0, 0.1) is 13.3 Å². The van der Waals surface area contributed by atoms with Gasteiger partial charge in [-0.1, -0.05) is 13.3 Å². The van der Waals surface area contributed by atoms with Gasteiger partial charge in [0.2, 0.25) is 0 Å². The third kappa shape index (κ3) is 38.1. The summed E-state index contributed by atoms with van der Waals surface area (Å²) in [7, 11) is 0. The molecule has 0 rings (SSSR count). The van der Waals surface area contributed by atoms with Gasteiger partial charge in [0.05, 0.1) is 0 Å². The molecule has 19 heavy (non-hydrogen) atoms. The van der Waals surface area contributed by atoms with Gasteiger partial charge in [-0.2, -0.15) is 0 Å². The van der Waals surface area contributed by atoms with Gasteiger partial charge in [-0.05, 0) is 32.1 Å². The van der Waals surface area contributed by atoms with Gasteiger partial charge in [-0.3, -0.25) is 0 Å². The Morgan fingerprint density at radius 2 is 1.37 bits per heavy atom. The quantitative estimate of drug-likeness (QED) is 0.611. The van der Waals surface area contributed by atoms with Crippen LogP contribution < -0.4 is 0 Å². The minimum Gasteiger partial charge on any atom is -0.668 e. The van der Waals surface area contributed by atoms with Gasteiger partial charge >= 0.3 is 0 Å². The van der Waals surface area contributed by atoms with Crippen LogP contribution in [0.4, 0.5) is 0 Å². The van der Waals surface area contributed by atoms with Crippen molar-refractivity contribution in [1.29, 1.82) is 0 Å². The summed E-state index contributed by atoms with van der Waals surface area (Å²) in [6, 6.07) is 0. The van der Waals surface area contributed by atoms with Crippen LogP contribution in [-0.4, -0.2) is 17.7 Å². The zero-order valence-electron chi connectivity index (χ0n) is 11.8. The molecule has 0 aliphatic heterocycles. The fourth-order valence-corrected chi connectivity index (χ4v) is 1.05. The molecule has 2 radical (unpaired) electrons. The van der Waals surface area contributed by atoms with Gasteiger partial charge in [-0.25, -0.2) is 0 Å². The van der Waals surface area contributed by atoms with Gasteiger partial charge in [0.1, 0.15) is 0 Å². The Morgan fingerprint density at radius 3 is 1.58 bits per heavy atom. The first kappa shape index (κ1) is 31.8. The monoisotopic (exact) mass is 421 g/mol. The van der Waals surface area contributed by atoms with E-state index in [4.69, 9.17) is 22.0 Å². The van der Waals surface area contributed by atoms with Gasteiger partial charge in [0.15, 0.2) is 0 Å². The molecule has 0 aliphatic rings.